The van der Waals surface area contributed by atoms with E-state index >= 15 is 0 Å². The molecule has 1 atom stereocenters. The molecule has 1 aromatic carbocycles. The molecule has 8 nitrogen and oxygen atoms in total. The molecule has 2 aromatic heterocycles. The molecule has 2 heterocycles. The average Bonchev–Trinajstić information content (AvgIpc) is 3.00. The quantitative estimate of drug-likeness (QED) is 0.631. The lowest BCUT2D eigenvalue weighted by Crippen LogP contribution is -2.30. The van der Waals surface area contributed by atoms with Crippen molar-refractivity contribution >= 4 is 22.6 Å². The molecule has 0 spiro atoms. The second-order valence-corrected chi connectivity index (χ2v) is 6.73. The summed E-state index contributed by atoms with van der Waals surface area (Å²) in [7, 11) is 4.42. The van der Waals surface area contributed by atoms with Gasteiger partial charge in [0.05, 0.1) is 30.9 Å². The Kier molecular flexibility index (Phi) is 5.96. The number of halogens is 3. The first-order valence-corrected chi connectivity index (χ1v) is 9.16. The zero-order valence-corrected chi connectivity index (χ0v) is 17.5. The zero-order valence-electron chi connectivity index (χ0n) is 17.5. The van der Waals surface area contributed by atoms with Gasteiger partial charge in [-0.1, -0.05) is 0 Å². The number of carbonyl (C=O) groups is 1. The molecule has 3 aromatic rings. The minimum atomic E-state index is -4.64. The summed E-state index contributed by atoms with van der Waals surface area (Å²) in [5.41, 5.74) is -0.316. The van der Waals surface area contributed by atoms with E-state index in [0.717, 1.165) is 6.07 Å². The minimum absolute atomic E-state index is 0.00910. The number of aryl methyl sites for hydroxylation is 2. The van der Waals surface area contributed by atoms with Gasteiger partial charge in [0.1, 0.15) is 0 Å². The van der Waals surface area contributed by atoms with E-state index in [4.69, 9.17) is 14.2 Å². The predicted octanol–water partition coefficient (Wildman–Crippen LogP) is 3.72. The number of fused-ring (bicyclic) bond motifs is 1. The van der Waals surface area contributed by atoms with E-state index in [1.54, 1.807) is 18.2 Å². The number of pyridine rings is 1. The number of anilines is 1. The van der Waals surface area contributed by atoms with Gasteiger partial charge in [0.2, 0.25) is 5.88 Å². The number of hydrogen-bond donors (Lipinski definition) is 1. The maximum Gasteiger partial charge on any atom is 0.417 e. The van der Waals surface area contributed by atoms with Crippen LogP contribution in [-0.4, -0.2) is 41.0 Å². The number of alkyl halides is 3. The van der Waals surface area contributed by atoms with Crippen LogP contribution in [-0.2, 0) is 18.0 Å². The molecule has 0 aliphatic heterocycles. The topological polar surface area (TPSA) is 87.5 Å². The number of nitrogens with zero attached hydrogens (tertiary/aromatic N) is 3. The van der Waals surface area contributed by atoms with Crippen LogP contribution in [0.15, 0.2) is 24.3 Å². The second-order valence-electron chi connectivity index (χ2n) is 6.73. The third-order valence-corrected chi connectivity index (χ3v) is 4.57. The first kappa shape index (κ1) is 22.2. The normalized spacial score (nSPS) is 12.5. The van der Waals surface area contributed by atoms with Gasteiger partial charge in [0, 0.05) is 24.9 Å². The number of amides is 1. The highest BCUT2D eigenvalue weighted by atomic mass is 19.4. The molecule has 0 aliphatic carbocycles. The Morgan fingerprint density at radius 3 is 2.45 bits per heavy atom. The van der Waals surface area contributed by atoms with Crippen LogP contribution >= 0.6 is 0 Å². The van der Waals surface area contributed by atoms with Crippen LogP contribution in [0, 0.1) is 6.92 Å². The van der Waals surface area contributed by atoms with Gasteiger partial charge < -0.3 is 19.5 Å². The van der Waals surface area contributed by atoms with E-state index in [1.165, 1.54) is 39.8 Å². The van der Waals surface area contributed by atoms with Gasteiger partial charge in [-0.25, -0.2) is 0 Å². The molecule has 0 saturated heterocycles. The summed E-state index contributed by atoms with van der Waals surface area (Å²) < 4.78 is 57.7. The Morgan fingerprint density at radius 2 is 1.84 bits per heavy atom. The molecule has 0 saturated carbocycles. The summed E-state index contributed by atoms with van der Waals surface area (Å²) in [6, 6.07) is 5.53. The highest BCUT2D eigenvalue weighted by molar-refractivity contribution is 5.94. The van der Waals surface area contributed by atoms with E-state index < -0.39 is 23.8 Å². The lowest BCUT2D eigenvalue weighted by Gasteiger charge is -2.17. The van der Waals surface area contributed by atoms with Crippen LogP contribution in [0.5, 0.6) is 17.4 Å². The lowest BCUT2D eigenvalue weighted by molar-refractivity contribution is -0.136. The Morgan fingerprint density at radius 1 is 1.16 bits per heavy atom. The largest absolute Gasteiger partial charge is 0.493 e. The van der Waals surface area contributed by atoms with Crippen LogP contribution in [0.2, 0.25) is 0 Å². The van der Waals surface area contributed by atoms with E-state index in [0.29, 0.717) is 17.2 Å². The van der Waals surface area contributed by atoms with Crippen molar-refractivity contribution in [2.24, 2.45) is 7.05 Å². The highest BCUT2D eigenvalue weighted by Gasteiger charge is 2.36. The van der Waals surface area contributed by atoms with Gasteiger partial charge in [0.25, 0.3) is 5.91 Å². The summed E-state index contributed by atoms with van der Waals surface area (Å²) >= 11 is 0. The fourth-order valence-corrected chi connectivity index (χ4v) is 3.10. The molecule has 11 heteroatoms. The fourth-order valence-electron chi connectivity index (χ4n) is 3.10. The van der Waals surface area contributed by atoms with E-state index in [2.05, 4.69) is 15.4 Å². The summed E-state index contributed by atoms with van der Waals surface area (Å²) in [5.74, 6) is -0.0301. The van der Waals surface area contributed by atoms with Crippen molar-refractivity contribution < 1.29 is 32.2 Å². The zero-order chi connectivity index (χ0) is 22.9. The van der Waals surface area contributed by atoms with E-state index in [9.17, 15) is 18.0 Å². The van der Waals surface area contributed by atoms with Crippen LogP contribution in [0.3, 0.4) is 0 Å². The molecule has 0 aliphatic rings. The van der Waals surface area contributed by atoms with Crippen molar-refractivity contribution in [3.63, 3.8) is 0 Å². The van der Waals surface area contributed by atoms with Crippen molar-refractivity contribution in [3.05, 3.63) is 35.5 Å². The molecule has 0 bridgehead atoms. The highest BCUT2D eigenvalue weighted by Crippen LogP contribution is 2.37. The summed E-state index contributed by atoms with van der Waals surface area (Å²) in [5, 5.41) is 6.51. The molecular weight excluding hydrogens is 417 g/mol. The third kappa shape index (κ3) is 4.49. The standard InChI is InChI=1S/C20H21F3N4O4/c1-10-17-13(20(21,22)23)9-16(25-18(17)27(3)26-10)31-11(2)19(28)24-12-6-7-14(29-4)15(8-12)30-5/h6-9,11H,1-5H3,(H,24,28)/t11-/m0/s1. The van der Waals surface area contributed by atoms with Gasteiger partial charge in [-0.2, -0.15) is 23.3 Å². The number of benzene rings is 1. The van der Waals surface area contributed by atoms with Gasteiger partial charge in [0.15, 0.2) is 23.3 Å². The van der Waals surface area contributed by atoms with Crippen molar-refractivity contribution in [1.29, 1.82) is 0 Å². The van der Waals surface area contributed by atoms with E-state index in [1.807, 2.05) is 0 Å². The number of aromatic nitrogens is 3. The first-order valence-electron chi connectivity index (χ1n) is 9.16. The second kappa shape index (κ2) is 8.32. The molecule has 166 valence electrons. The Labute approximate surface area is 175 Å². The monoisotopic (exact) mass is 438 g/mol. The molecule has 31 heavy (non-hydrogen) atoms. The Balaban J connectivity index is 1.85. The molecule has 3 rings (SSSR count). The number of rotatable bonds is 6. The van der Waals surface area contributed by atoms with Crippen LogP contribution in [0.25, 0.3) is 11.0 Å². The lowest BCUT2D eigenvalue weighted by atomic mass is 10.1. The molecule has 0 radical (unpaired) electrons. The smallest absolute Gasteiger partial charge is 0.417 e. The summed E-state index contributed by atoms with van der Waals surface area (Å²) in [6.07, 6.45) is -5.77. The van der Waals surface area contributed by atoms with Gasteiger partial charge in [-0.15, -0.1) is 0 Å². The SMILES string of the molecule is COc1ccc(NC(=O)[C@H](C)Oc2cc(C(F)(F)F)c3c(C)nn(C)c3n2)cc1OC. The van der Waals surface area contributed by atoms with Crippen LogP contribution in [0.1, 0.15) is 18.2 Å². The van der Waals surface area contributed by atoms with Crippen molar-refractivity contribution in [2.75, 3.05) is 19.5 Å². The fraction of sp³-hybridized carbons (Fsp3) is 0.350. The Bertz CT molecular complexity index is 1130. The molecule has 1 N–H and O–H groups in total. The van der Waals surface area contributed by atoms with Crippen molar-refractivity contribution in [3.8, 4) is 17.4 Å². The third-order valence-electron chi connectivity index (χ3n) is 4.57. The number of hydrogen-bond acceptors (Lipinski definition) is 6. The molecule has 0 unspecified atom stereocenters. The maximum atomic E-state index is 13.6. The number of nitrogens with one attached hydrogen (secondary N) is 1. The minimum Gasteiger partial charge on any atom is -0.493 e. The van der Waals surface area contributed by atoms with Crippen molar-refractivity contribution in [2.45, 2.75) is 26.1 Å². The van der Waals surface area contributed by atoms with Gasteiger partial charge >= 0.3 is 6.18 Å². The van der Waals surface area contributed by atoms with Crippen LogP contribution in [0.4, 0.5) is 18.9 Å². The molecule has 0 fully saturated rings. The predicted molar refractivity (Wildman–Crippen MR) is 107 cm³/mol. The summed E-state index contributed by atoms with van der Waals surface area (Å²) in [6.45, 7) is 2.88. The summed E-state index contributed by atoms with van der Waals surface area (Å²) in [4.78, 5) is 16.6. The first-order chi connectivity index (χ1) is 14.5. The Hall–Kier alpha value is -3.50. The van der Waals surface area contributed by atoms with Gasteiger partial charge in [-0.3, -0.25) is 9.48 Å². The van der Waals surface area contributed by atoms with E-state index in [-0.39, 0.29) is 22.6 Å². The maximum absolute atomic E-state index is 13.6. The van der Waals surface area contributed by atoms with Crippen molar-refractivity contribution in [1.82, 2.24) is 14.8 Å². The number of ether oxygens (including phenoxy) is 3. The molecule has 1 amide bonds. The van der Waals surface area contributed by atoms with Crippen LogP contribution < -0.4 is 19.5 Å². The average molecular weight is 438 g/mol. The van der Waals surface area contributed by atoms with Gasteiger partial charge in [-0.05, 0) is 26.0 Å². The molecular formula is C20H21F3N4O4. The number of carbonyl (C=O) groups excluding carboxylic acids is 1. The number of methoxy groups -OCH3 is 2.